The summed E-state index contributed by atoms with van der Waals surface area (Å²) >= 11 is 0. The lowest BCUT2D eigenvalue weighted by Crippen LogP contribution is -2.32. The number of nitrogens with one attached hydrogen (secondary N) is 1. The molecule has 0 bridgehead atoms. The van der Waals surface area contributed by atoms with Gasteiger partial charge in [0, 0.05) is 24.7 Å². The number of urea groups is 1. The van der Waals surface area contributed by atoms with Crippen molar-refractivity contribution in [1.82, 2.24) is 4.90 Å². The molecule has 3 rings (SSSR count). The lowest BCUT2D eigenvalue weighted by atomic mass is 9.98. The van der Waals surface area contributed by atoms with Gasteiger partial charge in [0.15, 0.2) is 0 Å². The van der Waals surface area contributed by atoms with Crippen LogP contribution in [0.3, 0.4) is 0 Å². The molecule has 4 nitrogen and oxygen atoms in total. The Balaban J connectivity index is 1.62. The second kappa shape index (κ2) is 6.95. The van der Waals surface area contributed by atoms with Crippen molar-refractivity contribution in [3.63, 3.8) is 0 Å². The van der Waals surface area contributed by atoms with E-state index in [1.54, 1.807) is 7.11 Å². The van der Waals surface area contributed by atoms with Gasteiger partial charge in [-0.2, -0.15) is 0 Å². The minimum absolute atomic E-state index is 0.0176. The highest BCUT2D eigenvalue weighted by molar-refractivity contribution is 5.89. The van der Waals surface area contributed by atoms with Crippen LogP contribution in [0, 0.1) is 13.8 Å². The Morgan fingerprint density at radius 1 is 1.12 bits per heavy atom. The molecule has 2 amide bonds. The third-order valence-electron chi connectivity index (χ3n) is 4.54. The topological polar surface area (TPSA) is 41.6 Å². The number of benzene rings is 2. The SMILES string of the molecule is COc1ccc(C2CCN(C(=O)Nc3cc(C)cc(C)c3)C2)cc1. The molecule has 0 saturated carbocycles. The summed E-state index contributed by atoms with van der Waals surface area (Å²) in [6.45, 7) is 5.62. The smallest absolute Gasteiger partial charge is 0.321 e. The third kappa shape index (κ3) is 3.70. The Kier molecular flexibility index (Phi) is 4.74. The summed E-state index contributed by atoms with van der Waals surface area (Å²) in [6, 6.07) is 14.2. The van der Waals surface area contributed by atoms with Gasteiger partial charge in [0.2, 0.25) is 0 Å². The Bertz CT molecular complexity index is 705. The van der Waals surface area contributed by atoms with Gasteiger partial charge in [-0.1, -0.05) is 18.2 Å². The Hall–Kier alpha value is -2.49. The quantitative estimate of drug-likeness (QED) is 0.913. The molecular formula is C20H24N2O2. The first-order valence-corrected chi connectivity index (χ1v) is 8.33. The maximum absolute atomic E-state index is 12.5. The molecular weight excluding hydrogens is 300 g/mol. The largest absolute Gasteiger partial charge is 0.497 e. The predicted molar refractivity (Wildman–Crippen MR) is 96.9 cm³/mol. The molecule has 1 N–H and O–H groups in total. The number of methoxy groups -OCH3 is 1. The Labute approximate surface area is 143 Å². The molecule has 24 heavy (non-hydrogen) atoms. The number of ether oxygens (including phenoxy) is 1. The molecule has 126 valence electrons. The van der Waals surface area contributed by atoms with E-state index in [2.05, 4.69) is 23.5 Å². The Morgan fingerprint density at radius 3 is 2.42 bits per heavy atom. The molecule has 1 atom stereocenters. The van der Waals surface area contributed by atoms with Crippen LogP contribution in [0.5, 0.6) is 5.75 Å². The van der Waals surface area contributed by atoms with Gasteiger partial charge in [-0.25, -0.2) is 4.79 Å². The van der Waals surface area contributed by atoms with Crippen molar-refractivity contribution in [2.75, 3.05) is 25.5 Å². The van der Waals surface area contributed by atoms with Crippen molar-refractivity contribution in [2.24, 2.45) is 0 Å². The molecule has 0 aliphatic carbocycles. The molecule has 1 heterocycles. The van der Waals surface area contributed by atoms with E-state index in [1.165, 1.54) is 5.56 Å². The van der Waals surface area contributed by atoms with Gasteiger partial charge in [-0.05, 0) is 61.2 Å². The average Bonchev–Trinajstić information content (AvgIpc) is 3.04. The average molecular weight is 324 g/mol. The predicted octanol–water partition coefficient (Wildman–Crippen LogP) is 4.33. The second-order valence-corrected chi connectivity index (χ2v) is 6.51. The first-order chi connectivity index (χ1) is 11.5. The van der Waals surface area contributed by atoms with Gasteiger partial charge >= 0.3 is 6.03 Å². The first-order valence-electron chi connectivity index (χ1n) is 8.33. The van der Waals surface area contributed by atoms with Gasteiger partial charge in [0.1, 0.15) is 5.75 Å². The fraction of sp³-hybridized carbons (Fsp3) is 0.350. The number of hydrogen-bond donors (Lipinski definition) is 1. The van der Waals surface area contributed by atoms with E-state index in [0.29, 0.717) is 5.92 Å². The molecule has 1 unspecified atom stereocenters. The number of hydrogen-bond acceptors (Lipinski definition) is 2. The van der Waals surface area contributed by atoms with Crippen LogP contribution in [0.2, 0.25) is 0 Å². The molecule has 1 fully saturated rings. The number of carbonyl (C=O) groups is 1. The summed E-state index contributed by atoms with van der Waals surface area (Å²) in [5, 5.41) is 3.02. The van der Waals surface area contributed by atoms with Crippen molar-refractivity contribution in [3.05, 3.63) is 59.2 Å². The monoisotopic (exact) mass is 324 g/mol. The zero-order valence-electron chi connectivity index (χ0n) is 14.5. The summed E-state index contributed by atoms with van der Waals surface area (Å²) in [7, 11) is 1.67. The molecule has 2 aromatic rings. The highest BCUT2D eigenvalue weighted by atomic mass is 16.5. The number of anilines is 1. The summed E-state index contributed by atoms with van der Waals surface area (Å²) in [5.41, 5.74) is 4.44. The van der Waals surface area contributed by atoms with E-state index in [4.69, 9.17) is 4.74 Å². The zero-order valence-corrected chi connectivity index (χ0v) is 14.5. The number of likely N-dealkylation sites (tertiary alicyclic amines) is 1. The van der Waals surface area contributed by atoms with Crippen molar-refractivity contribution < 1.29 is 9.53 Å². The van der Waals surface area contributed by atoms with Crippen LogP contribution in [-0.2, 0) is 0 Å². The van der Waals surface area contributed by atoms with Crippen molar-refractivity contribution in [3.8, 4) is 5.75 Å². The van der Waals surface area contributed by atoms with E-state index in [9.17, 15) is 4.79 Å². The zero-order chi connectivity index (χ0) is 17.1. The van der Waals surface area contributed by atoms with Crippen LogP contribution in [0.1, 0.15) is 29.0 Å². The van der Waals surface area contributed by atoms with Crippen LogP contribution in [0.15, 0.2) is 42.5 Å². The van der Waals surface area contributed by atoms with Crippen LogP contribution < -0.4 is 10.1 Å². The van der Waals surface area contributed by atoms with E-state index in [1.807, 2.05) is 43.0 Å². The first kappa shape index (κ1) is 16.4. The van der Waals surface area contributed by atoms with E-state index in [0.717, 1.165) is 42.1 Å². The number of aryl methyl sites for hydroxylation is 2. The fourth-order valence-corrected chi connectivity index (χ4v) is 3.34. The molecule has 1 saturated heterocycles. The Morgan fingerprint density at radius 2 is 1.79 bits per heavy atom. The maximum atomic E-state index is 12.5. The molecule has 1 aliphatic rings. The standard InChI is InChI=1S/C20H24N2O2/c1-14-10-15(2)12-18(11-14)21-20(23)22-9-8-17(13-22)16-4-6-19(24-3)7-5-16/h4-7,10-12,17H,8-9,13H2,1-3H3,(H,21,23). The maximum Gasteiger partial charge on any atom is 0.321 e. The molecule has 0 aromatic heterocycles. The minimum atomic E-state index is -0.0176. The van der Waals surface area contributed by atoms with Crippen LogP contribution in [0.25, 0.3) is 0 Å². The number of rotatable bonds is 3. The third-order valence-corrected chi connectivity index (χ3v) is 4.54. The summed E-state index contributed by atoms with van der Waals surface area (Å²) in [4.78, 5) is 14.4. The van der Waals surface area contributed by atoms with Crippen molar-refractivity contribution >= 4 is 11.7 Å². The highest BCUT2D eigenvalue weighted by Crippen LogP contribution is 2.29. The van der Waals surface area contributed by atoms with Crippen LogP contribution in [-0.4, -0.2) is 31.1 Å². The lowest BCUT2D eigenvalue weighted by molar-refractivity contribution is 0.222. The normalized spacial score (nSPS) is 17.0. The van der Waals surface area contributed by atoms with Crippen LogP contribution >= 0.6 is 0 Å². The minimum Gasteiger partial charge on any atom is -0.497 e. The molecule has 2 aromatic carbocycles. The van der Waals surface area contributed by atoms with Gasteiger partial charge in [0.05, 0.1) is 7.11 Å². The summed E-state index contributed by atoms with van der Waals surface area (Å²) in [6.07, 6.45) is 0.993. The molecule has 1 aliphatic heterocycles. The van der Waals surface area contributed by atoms with Gasteiger partial charge < -0.3 is 15.0 Å². The lowest BCUT2D eigenvalue weighted by Gasteiger charge is -2.18. The number of amides is 2. The molecule has 0 spiro atoms. The number of nitrogens with zero attached hydrogens (tertiary/aromatic N) is 1. The van der Waals surface area contributed by atoms with Crippen molar-refractivity contribution in [1.29, 1.82) is 0 Å². The molecule has 0 radical (unpaired) electrons. The second-order valence-electron chi connectivity index (χ2n) is 6.51. The summed E-state index contributed by atoms with van der Waals surface area (Å²) in [5.74, 6) is 1.25. The van der Waals surface area contributed by atoms with E-state index < -0.39 is 0 Å². The van der Waals surface area contributed by atoms with Crippen molar-refractivity contribution in [2.45, 2.75) is 26.2 Å². The van der Waals surface area contributed by atoms with Gasteiger partial charge in [-0.15, -0.1) is 0 Å². The van der Waals surface area contributed by atoms with E-state index >= 15 is 0 Å². The van der Waals surface area contributed by atoms with Crippen LogP contribution in [0.4, 0.5) is 10.5 Å². The van der Waals surface area contributed by atoms with E-state index in [-0.39, 0.29) is 6.03 Å². The molecule has 4 heteroatoms. The number of carbonyl (C=O) groups excluding carboxylic acids is 1. The fourth-order valence-electron chi connectivity index (χ4n) is 3.34. The summed E-state index contributed by atoms with van der Waals surface area (Å²) < 4.78 is 5.20. The highest BCUT2D eigenvalue weighted by Gasteiger charge is 2.27. The van der Waals surface area contributed by atoms with Gasteiger partial charge in [0.25, 0.3) is 0 Å². The van der Waals surface area contributed by atoms with Gasteiger partial charge in [-0.3, -0.25) is 0 Å².